The molecule has 4 aromatic rings. The van der Waals surface area contributed by atoms with Crippen LogP contribution < -0.4 is 10.1 Å². The first-order valence-corrected chi connectivity index (χ1v) is 12.1. The maximum atomic E-state index is 14.2. The third-order valence-corrected chi connectivity index (χ3v) is 6.53. The van der Waals surface area contributed by atoms with Crippen molar-refractivity contribution in [1.29, 1.82) is 0 Å². The highest BCUT2D eigenvalue weighted by atomic mass is 19.1. The van der Waals surface area contributed by atoms with E-state index in [1.165, 1.54) is 17.7 Å². The summed E-state index contributed by atoms with van der Waals surface area (Å²) in [5.41, 5.74) is 4.74. The van der Waals surface area contributed by atoms with Gasteiger partial charge in [-0.3, -0.25) is 4.90 Å². The normalized spacial score (nSPS) is 15.6. The second-order valence-corrected chi connectivity index (χ2v) is 8.85. The molecule has 0 fully saturated rings. The van der Waals surface area contributed by atoms with Gasteiger partial charge in [0.15, 0.2) is 0 Å². The van der Waals surface area contributed by atoms with E-state index in [0.717, 1.165) is 17.5 Å². The minimum atomic E-state index is -0.666. The fourth-order valence-electron chi connectivity index (χ4n) is 4.48. The molecule has 0 radical (unpaired) electrons. The number of halogens is 1. The van der Waals surface area contributed by atoms with Crippen LogP contribution in [-0.2, 0) is 13.0 Å². The molecule has 7 nitrogen and oxygen atoms in total. The smallest absolute Gasteiger partial charge is 0.322 e. The molecule has 5 rings (SSSR count). The van der Waals surface area contributed by atoms with E-state index in [0.29, 0.717) is 35.0 Å². The lowest BCUT2D eigenvalue weighted by atomic mass is 9.94. The minimum Gasteiger partial charge on any atom is -0.497 e. The van der Waals surface area contributed by atoms with Gasteiger partial charge in [0, 0.05) is 11.3 Å². The highest BCUT2D eigenvalue weighted by Gasteiger charge is 2.36. The van der Waals surface area contributed by atoms with Crippen LogP contribution in [0, 0.1) is 5.82 Å². The van der Waals surface area contributed by atoms with E-state index in [-0.39, 0.29) is 11.9 Å². The number of nitrogens with one attached hydrogen (secondary N) is 1. The summed E-state index contributed by atoms with van der Waals surface area (Å²) in [5, 5.41) is 7.21. The van der Waals surface area contributed by atoms with Crippen molar-refractivity contribution < 1.29 is 18.4 Å². The monoisotopic (exact) mass is 498 g/mol. The van der Waals surface area contributed by atoms with Gasteiger partial charge in [-0.15, -0.1) is 0 Å². The van der Waals surface area contributed by atoms with Crippen LogP contribution in [-0.4, -0.2) is 28.2 Å². The highest BCUT2D eigenvalue weighted by molar-refractivity contribution is 5.86. The zero-order valence-corrected chi connectivity index (χ0v) is 20.9. The third kappa shape index (κ3) is 4.95. The fraction of sp³-hybridized carbons (Fsp3) is 0.207. The number of benzene rings is 3. The van der Waals surface area contributed by atoms with Crippen molar-refractivity contribution in [3.63, 3.8) is 0 Å². The molecule has 1 N–H and O–H groups in total. The largest absolute Gasteiger partial charge is 0.497 e. The summed E-state index contributed by atoms with van der Waals surface area (Å²) in [6.45, 7) is 4.23. The summed E-state index contributed by atoms with van der Waals surface area (Å²) in [4.78, 5) is 19.6. The standard InChI is InChI=1S/C29H27FN4O3/c1-4-19-11-13-21(14-12-19)27-32-28(37-33-27)25-18(2)34(17-20-7-5-10-24(15-20)36-3)29(35)31-26(25)22-8-6-9-23(30)16-22/h5-16,26H,4,17H2,1-3H3,(H,31,35). The molecule has 2 heterocycles. The van der Waals surface area contributed by atoms with Gasteiger partial charge in [-0.25, -0.2) is 9.18 Å². The molecule has 1 aliphatic rings. The Morgan fingerprint density at radius 3 is 2.57 bits per heavy atom. The SMILES string of the molecule is CCc1ccc(-c2noc(C3=C(C)N(Cc4cccc(OC)c4)C(=O)NC3c3cccc(F)c3)n2)cc1. The maximum Gasteiger partial charge on any atom is 0.322 e. The average molecular weight is 499 g/mol. The molecule has 0 saturated carbocycles. The van der Waals surface area contributed by atoms with E-state index in [4.69, 9.17) is 9.26 Å². The molecule has 1 aliphatic heterocycles. The van der Waals surface area contributed by atoms with Crippen LogP contribution in [0.25, 0.3) is 17.0 Å². The molecule has 188 valence electrons. The summed E-state index contributed by atoms with van der Waals surface area (Å²) >= 11 is 0. The average Bonchev–Trinajstić information content (AvgIpc) is 3.40. The molecule has 0 spiro atoms. The lowest BCUT2D eigenvalue weighted by Crippen LogP contribution is -2.45. The first-order valence-electron chi connectivity index (χ1n) is 12.1. The summed E-state index contributed by atoms with van der Waals surface area (Å²) < 4.78 is 25.2. The number of urea groups is 1. The van der Waals surface area contributed by atoms with Gasteiger partial charge in [-0.1, -0.05) is 60.6 Å². The number of allylic oxidation sites excluding steroid dienone is 1. The number of carbonyl (C=O) groups is 1. The molecule has 37 heavy (non-hydrogen) atoms. The molecule has 1 aromatic heterocycles. The van der Waals surface area contributed by atoms with Crippen molar-refractivity contribution in [2.24, 2.45) is 0 Å². The number of rotatable bonds is 7. The van der Waals surface area contributed by atoms with E-state index in [9.17, 15) is 9.18 Å². The maximum absolute atomic E-state index is 14.2. The van der Waals surface area contributed by atoms with Gasteiger partial charge in [0.05, 0.1) is 25.3 Å². The van der Waals surface area contributed by atoms with Gasteiger partial charge in [0.2, 0.25) is 5.82 Å². The number of nitrogens with zero attached hydrogens (tertiary/aromatic N) is 3. The molecule has 3 aromatic carbocycles. The zero-order chi connectivity index (χ0) is 25.9. The molecule has 0 aliphatic carbocycles. The van der Waals surface area contributed by atoms with Crippen molar-refractivity contribution in [2.45, 2.75) is 32.9 Å². The number of hydrogen-bond donors (Lipinski definition) is 1. The zero-order valence-electron chi connectivity index (χ0n) is 20.9. The van der Waals surface area contributed by atoms with Crippen LogP contribution in [0.3, 0.4) is 0 Å². The number of methoxy groups -OCH3 is 1. The van der Waals surface area contributed by atoms with E-state index in [2.05, 4.69) is 22.4 Å². The molecule has 8 heteroatoms. The van der Waals surface area contributed by atoms with Crippen LogP contribution >= 0.6 is 0 Å². The van der Waals surface area contributed by atoms with Crippen LogP contribution in [0.15, 0.2) is 83.0 Å². The molecule has 2 amide bonds. The number of aryl methyl sites for hydroxylation is 1. The fourth-order valence-corrected chi connectivity index (χ4v) is 4.48. The van der Waals surface area contributed by atoms with Gasteiger partial charge in [-0.05, 0) is 54.3 Å². The van der Waals surface area contributed by atoms with E-state index in [1.807, 2.05) is 55.5 Å². The van der Waals surface area contributed by atoms with Gasteiger partial charge in [-0.2, -0.15) is 4.98 Å². The van der Waals surface area contributed by atoms with E-state index < -0.39 is 11.9 Å². The summed E-state index contributed by atoms with van der Waals surface area (Å²) in [5.74, 6) is 0.999. The molecular formula is C29H27FN4O3. The number of ether oxygens (including phenoxy) is 1. The van der Waals surface area contributed by atoms with Gasteiger partial charge >= 0.3 is 6.03 Å². The second kappa shape index (κ2) is 10.3. The second-order valence-electron chi connectivity index (χ2n) is 8.85. The van der Waals surface area contributed by atoms with Crippen molar-refractivity contribution in [1.82, 2.24) is 20.4 Å². The first-order chi connectivity index (χ1) is 18.0. The Kier molecular flexibility index (Phi) is 6.72. The topological polar surface area (TPSA) is 80.5 Å². The summed E-state index contributed by atoms with van der Waals surface area (Å²) in [7, 11) is 1.60. The van der Waals surface area contributed by atoms with Crippen LogP contribution in [0.2, 0.25) is 0 Å². The quantitative estimate of drug-likeness (QED) is 0.331. The van der Waals surface area contributed by atoms with Gasteiger partial charge in [0.1, 0.15) is 11.6 Å². The number of hydrogen-bond acceptors (Lipinski definition) is 5. The minimum absolute atomic E-state index is 0.261. The van der Waals surface area contributed by atoms with E-state index in [1.54, 1.807) is 24.1 Å². The van der Waals surface area contributed by atoms with Gasteiger partial charge < -0.3 is 14.6 Å². The highest BCUT2D eigenvalue weighted by Crippen LogP contribution is 2.38. The van der Waals surface area contributed by atoms with Gasteiger partial charge in [0.25, 0.3) is 5.89 Å². The van der Waals surface area contributed by atoms with E-state index >= 15 is 0 Å². The third-order valence-electron chi connectivity index (χ3n) is 6.53. The Hall–Kier alpha value is -4.46. The van der Waals surface area contributed by atoms with Crippen molar-refractivity contribution >= 4 is 11.6 Å². The molecule has 0 bridgehead atoms. The van der Waals surface area contributed by atoms with Crippen LogP contribution in [0.5, 0.6) is 5.75 Å². The molecular weight excluding hydrogens is 471 g/mol. The van der Waals surface area contributed by atoms with Crippen molar-refractivity contribution in [3.8, 4) is 17.1 Å². The van der Waals surface area contributed by atoms with Crippen molar-refractivity contribution in [3.05, 3.63) is 107 Å². The summed E-state index contributed by atoms with van der Waals surface area (Å²) in [6, 6.07) is 20.7. The van der Waals surface area contributed by atoms with Crippen molar-refractivity contribution in [2.75, 3.05) is 7.11 Å². The Bertz CT molecular complexity index is 1460. The van der Waals surface area contributed by atoms with Crippen LogP contribution in [0.1, 0.15) is 42.5 Å². The first kappa shape index (κ1) is 24.2. The molecule has 1 atom stereocenters. The Morgan fingerprint density at radius 2 is 1.84 bits per heavy atom. The Balaban J connectivity index is 1.58. The predicted octanol–water partition coefficient (Wildman–Crippen LogP) is 6.14. The lowest BCUT2D eigenvalue weighted by Gasteiger charge is -2.35. The molecule has 0 saturated heterocycles. The predicted molar refractivity (Wildman–Crippen MR) is 138 cm³/mol. The number of aromatic nitrogens is 2. The summed E-state index contributed by atoms with van der Waals surface area (Å²) in [6.07, 6.45) is 0.933. The Morgan fingerprint density at radius 1 is 1.05 bits per heavy atom. The molecule has 1 unspecified atom stereocenters. The van der Waals surface area contributed by atoms with Crippen LogP contribution in [0.4, 0.5) is 9.18 Å². The number of amides is 2. The Labute approximate surface area is 214 Å². The number of carbonyl (C=O) groups excluding carboxylic acids is 1. The lowest BCUT2D eigenvalue weighted by molar-refractivity contribution is 0.203.